The van der Waals surface area contributed by atoms with Crippen LogP contribution in [0.5, 0.6) is 0 Å². The number of hydrogen-bond donors (Lipinski definition) is 1. The first-order valence-electron chi connectivity index (χ1n) is 2.36. The van der Waals surface area contributed by atoms with Crippen LogP contribution in [-0.2, 0) is 4.79 Å². The Kier molecular flexibility index (Phi) is 5.86. The first kappa shape index (κ1) is 9.67. The van der Waals surface area contributed by atoms with E-state index in [1.807, 2.05) is 4.08 Å². The van der Waals surface area contributed by atoms with Gasteiger partial charge in [-0.3, -0.25) is 4.79 Å². The predicted molar refractivity (Wildman–Crippen MR) is 54.8 cm³/mol. The van der Waals surface area contributed by atoms with Crippen molar-refractivity contribution < 1.29 is 4.79 Å². The van der Waals surface area contributed by atoms with Crippen molar-refractivity contribution in [3.05, 3.63) is 7.66 Å². The van der Waals surface area contributed by atoms with Crippen molar-refractivity contribution in [1.29, 1.82) is 0 Å². The Morgan fingerprint density at radius 2 is 2.33 bits per heavy atom. The van der Waals surface area contributed by atoms with Gasteiger partial charge in [0.05, 0.1) is 0 Å². The van der Waals surface area contributed by atoms with Crippen molar-refractivity contribution in [1.82, 2.24) is 5.32 Å². The molecular formula is C5H7I2NO. The second kappa shape index (κ2) is 5.45. The highest BCUT2D eigenvalue weighted by molar-refractivity contribution is 14.1. The van der Waals surface area contributed by atoms with Gasteiger partial charge < -0.3 is 5.32 Å². The van der Waals surface area contributed by atoms with Gasteiger partial charge in [0.2, 0.25) is 5.91 Å². The highest BCUT2D eigenvalue weighted by atomic mass is 127. The molecule has 1 amide bonds. The molecule has 0 atom stereocenters. The van der Waals surface area contributed by atoms with Gasteiger partial charge in [-0.05, 0) is 26.7 Å². The summed E-state index contributed by atoms with van der Waals surface area (Å²) in [6.07, 6.45) is 0. The smallest absolute Gasteiger partial charge is 0.217 e. The molecule has 0 fully saturated rings. The summed E-state index contributed by atoms with van der Waals surface area (Å²) in [7, 11) is 0. The summed E-state index contributed by atoms with van der Waals surface area (Å²) in [5.74, 6) is 0.0161. The van der Waals surface area contributed by atoms with Gasteiger partial charge in [0, 0.05) is 17.0 Å². The maximum atomic E-state index is 10.3. The molecule has 0 heterocycles. The molecule has 0 spiro atoms. The molecule has 0 aliphatic rings. The molecule has 0 aliphatic carbocycles. The van der Waals surface area contributed by atoms with E-state index in [0.29, 0.717) is 6.54 Å². The third-order valence-corrected chi connectivity index (χ3v) is 3.26. The molecule has 4 heteroatoms. The van der Waals surface area contributed by atoms with E-state index in [1.165, 1.54) is 6.92 Å². The Bertz CT molecular complexity index is 133. The van der Waals surface area contributed by atoms with Gasteiger partial charge in [0.15, 0.2) is 0 Å². The van der Waals surface area contributed by atoms with Gasteiger partial charge >= 0.3 is 0 Å². The summed E-state index contributed by atoms with van der Waals surface area (Å²) in [5, 5.41) is 2.68. The van der Waals surface area contributed by atoms with Crippen LogP contribution in [0.2, 0.25) is 0 Å². The van der Waals surface area contributed by atoms with Crippen LogP contribution in [0.1, 0.15) is 6.92 Å². The normalized spacial score (nSPS) is 11.2. The number of hydrogen-bond acceptors (Lipinski definition) is 1. The summed E-state index contributed by atoms with van der Waals surface area (Å²) >= 11 is 4.32. The summed E-state index contributed by atoms with van der Waals surface area (Å²) in [4.78, 5) is 10.3. The standard InChI is InChI=1S/C5H7I2NO/c1-4(9)8-3-5(7)2-6/h2H,3H2,1H3,(H,8,9)/b5-2+. The second-order valence-corrected chi connectivity index (χ2v) is 3.47. The van der Waals surface area contributed by atoms with Gasteiger partial charge in [-0.15, -0.1) is 0 Å². The van der Waals surface area contributed by atoms with Crippen LogP contribution in [0, 0.1) is 0 Å². The average Bonchev–Trinajstić information content (AvgIpc) is 1.83. The molecule has 0 unspecified atom stereocenters. The van der Waals surface area contributed by atoms with Gasteiger partial charge in [-0.2, -0.15) is 0 Å². The van der Waals surface area contributed by atoms with Crippen molar-refractivity contribution in [2.24, 2.45) is 0 Å². The summed E-state index contributed by atoms with van der Waals surface area (Å²) in [5.41, 5.74) is 0. The Morgan fingerprint density at radius 3 is 2.67 bits per heavy atom. The van der Waals surface area contributed by atoms with Crippen LogP contribution in [0.4, 0.5) is 0 Å². The van der Waals surface area contributed by atoms with Crippen LogP contribution < -0.4 is 5.32 Å². The topological polar surface area (TPSA) is 29.1 Å². The van der Waals surface area contributed by atoms with E-state index < -0.39 is 0 Å². The average molecular weight is 351 g/mol. The van der Waals surface area contributed by atoms with Gasteiger partial charge in [0.25, 0.3) is 0 Å². The maximum absolute atomic E-state index is 10.3. The second-order valence-electron chi connectivity index (χ2n) is 1.47. The number of carbonyl (C=O) groups excluding carboxylic acids is 1. The molecule has 0 bridgehead atoms. The predicted octanol–water partition coefficient (Wildman–Crippen LogP) is 1.83. The van der Waals surface area contributed by atoms with E-state index in [4.69, 9.17) is 0 Å². The number of rotatable bonds is 2. The lowest BCUT2D eigenvalue weighted by Crippen LogP contribution is -2.20. The number of carbonyl (C=O) groups is 1. The van der Waals surface area contributed by atoms with Gasteiger partial charge in [-0.1, -0.05) is 22.6 Å². The molecule has 0 aliphatic heterocycles. The molecule has 0 aromatic heterocycles. The highest BCUT2D eigenvalue weighted by Crippen LogP contribution is 2.06. The third kappa shape index (κ3) is 6.56. The largest absolute Gasteiger partial charge is 0.352 e. The van der Waals surface area contributed by atoms with E-state index in [-0.39, 0.29) is 5.91 Å². The number of amides is 1. The van der Waals surface area contributed by atoms with Crippen molar-refractivity contribution in [3.63, 3.8) is 0 Å². The van der Waals surface area contributed by atoms with Crippen LogP contribution in [0.3, 0.4) is 0 Å². The van der Waals surface area contributed by atoms with Crippen LogP contribution in [0.25, 0.3) is 0 Å². The number of halogens is 2. The molecule has 0 aromatic carbocycles. The molecule has 0 radical (unpaired) electrons. The summed E-state index contributed by atoms with van der Waals surface area (Å²) in [6, 6.07) is 0. The molecule has 0 rings (SSSR count). The zero-order chi connectivity index (χ0) is 7.28. The summed E-state index contributed by atoms with van der Waals surface area (Å²) < 4.78 is 3.08. The highest BCUT2D eigenvalue weighted by Gasteiger charge is 1.90. The SMILES string of the molecule is CC(=O)NC/C(I)=C\I. The molecule has 0 aromatic rings. The van der Waals surface area contributed by atoms with Gasteiger partial charge in [0.1, 0.15) is 0 Å². The number of nitrogens with one attached hydrogen (secondary N) is 1. The van der Waals surface area contributed by atoms with Crippen molar-refractivity contribution in [2.45, 2.75) is 6.92 Å². The zero-order valence-electron chi connectivity index (χ0n) is 4.95. The minimum atomic E-state index is 0.0161. The lowest BCUT2D eigenvalue weighted by atomic mass is 10.6. The molecule has 1 N–H and O–H groups in total. The molecule has 9 heavy (non-hydrogen) atoms. The minimum absolute atomic E-state index is 0.0161. The monoisotopic (exact) mass is 351 g/mol. The molecule has 0 saturated heterocycles. The Morgan fingerprint density at radius 1 is 1.78 bits per heavy atom. The molecule has 52 valence electrons. The molecular weight excluding hydrogens is 344 g/mol. The van der Waals surface area contributed by atoms with Gasteiger partial charge in [-0.25, -0.2) is 0 Å². The Balaban J connectivity index is 3.39. The third-order valence-electron chi connectivity index (χ3n) is 0.625. The lowest BCUT2D eigenvalue weighted by molar-refractivity contribution is -0.118. The molecule has 2 nitrogen and oxygen atoms in total. The minimum Gasteiger partial charge on any atom is -0.352 e. The van der Waals surface area contributed by atoms with E-state index in [0.717, 1.165) is 3.58 Å². The molecule has 0 saturated carbocycles. The van der Waals surface area contributed by atoms with Crippen molar-refractivity contribution in [3.8, 4) is 0 Å². The van der Waals surface area contributed by atoms with E-state index in [2.05, 4.69) is 50.5 Å². The Hall–Kier alpha value is 0.670. The van der Waals surface area contributed by atoms with Crippen LogP contribution >= 0.6 is 45.2 Å². The van der Waals surface area contributed by atoms with E-state index >= 15 is 0 Å². The zero-order valence-corrected chi connectivity index (χ0v) is 9.26. The lowest BCUT2D eigenvalue weighted by Gasteiger charge is -1.97. The van der Waals surface area contributed by atoms with Crippen molar-refractivity contribution in [2.75, 3.05) is 6.54 Å². The van der Waals surface area contributed by atoms with Crippen LogP contribution in [0.15, 0.2) is 7.66 Å². The summed E-state index contributed by atoms with van der Waals surface area (Å²) in [6.45, 7) is 2.16. The fourth-order valence-corrected chi connectivity index (χ4v) is 0.658. The van der Waals surface area contributed by atoms with Crippen LogP contribution in [-0.4, -0.2) is 12.5 Å². The first-order chi connectivity index (χ1) is 4.16. The first-order valence-corrected chi connectivity index (χ1v) is 4.68. The maximum Gasteiger partial charge on any atom is 0.217 e. The van der Waals surface area contributed by atoms with E-state index in [9.17, 15) is 4.79 Å². The fourth-order valence-electron chi connectivity index (χ4n) is 0.247. The Labute approximate surface area is 81.7 Å². The van der Waals surface area contributed by atoms with E-state index in [1.54, 1.807) is 0 Å². The fraction of sp³-hybridized carbons (Fsp3) is 0.400. The quantitative estimate of drug-likeness (QED) is 0.756. The van der Waals surface area contributed by atoms with Crippen molar-refractivity contribution >= 4 is 51.1 Å².